The largest absolute Gasteiger partial charge is 0.489 e. The van der Waals surface area contributed by atoms with Crippen LogP contribution in [0.15, 0.2) is 65.1 Å². The van der Waals surface area contributed by atoms with E-state index in [2.05, 4.69) is 0 Å². The average Bonchev–Trinajstić information content (AvgIpc) is 3.18. The lowest BCUT2D eigenvalue weighted by Crippen LogP contribution is -2.08. The maximum absolute atomic E-state index is 15.0. The van der Waals surface area contributed by atoms with Crippen LogP contribution in [0.4, 0.5) is 8.78 Å². The molecule has 0 atom stereocenters. The molecule has 0 aliphatic carbocycles. The van der Waals surface area contributed by atoms with Crippen molar-refractivity contribution in [3.63, 3.8) is 0 Å². The quantitative estimate of drug-likeness (QED) is 0.256. The molecule has 0 bridgehead atoms. The molecule has 1 heterocycles. The van der Waals surface area contributed by atoms with Crippen molar-refractivity contribution in [2.45, 2.75) is 26.5 Å². The Morgan fingerprint density at radius 3 is 2.58 bits per heavy atom. The van der Waals surface area contributed by atoms with E-state index in [9.17, 15) is 4.39 Å². The number of rotatable bonds is 8. The minimum absolute atomic E-state index is 0.0473. The van der Waals surface area contributed by atoms with Gasteiger partial charge < -0.3 is 19.6 Å². The third kappa shape index (κ3) is 4.88. The van der Waals surface area contributed by atoms with Gasteiger partial charge >= 0.3 is 0 Å². The van der Waals surface area contributed by atoms with E-state index >= 15 is 4.39 Å². The monoisotopic (exact) mass is 450 g/mol. The SMILES string of the molecule is CCOC(=N)Cc1ccccc1OCc1cc(-c2cccc(CN)c2F)c2oc(F)cc2c1. The van der Waals surface area contributed by atoms with Gasteiger partial charge in [-0.25, -0.2) is 4.39 Å². The van der Waals surface area contributed by atoms with Crippen molar-refractivity contribution in [1.82, 2.24) is 0 Å². The fourth-order valence-corrected chi connectivity index (χ4v) is 3.76. The van der Waals surface area contributed by atoms with Gasteiger partial charge in [0.05, 0.1) is 13.0 Å². The lowest BCUT2D eigenvalue weighted by Gasteiger charge is -2.14. The van der Waals surface area contributed by atoms with E-state index in [0.717, 1.165) is 5.56 Å². The summed E-state index contributed by atoms with van der Waals surface area (Å²) < 4.78 is 45.5. The molecule has 0 aliphatic rings. The summed E-state index contributed by atoms with van der Waals surface area (Å²) in [5.74, 6) is 0.302. The zero-order valence-corrected chi connectivity index (χ0v) is 18.2. The molecule has 0 radical (unpaired) electrons. The second-order valence-electron chi connectivity index (χ2n) is 7.52. The number of para-hydroxylation sites is 1. The Morgan fingerprint density at radius 2 is 1.79 bits per heavy atom. The van der Waals surface area contributed by atoms with Crippen LogP contribution >= 0.6 is 0 Å². The summed E-state index contributed by atoms with van der Waals surface area (Å²) in [4.78, 5) is 0. The van der Waals surface area contributed by atoms with Gasteiger partial charge in [-0.1, -0.05) is 36.4 Å². The van der Waals surface area contributed by atoms with E-state index in [4.69, 9.17) is 25.0 Å². The molecule has 33 heavy (non-hydrogen) atoms. The minimum Gasteiger partial charge on any atom is -0.489 e. The molecule has 0 spiro atoms. The van der Waals surface area contributed by atoms with Crippen molar-refractivity contribution < 1.29 is 22.7 Å². The standard InChI is InChI=1S/C26H24F2N2O3/c1-2-31-24(30)13-17-6-3-4-9-22(17)32-15-16-10-19-12-23(27)33-26(19)21(11-16)20-8-5-7-18(14-29)25(20)28/h3-12,30H,2,13-15,29H2,1H3. The Bertz CT molecular complexity index is 1300. The molecule has 0 unspecified atom stereocenters. The molecular formula is C26H24F2N2O3. The highest BCUT2D eigenvalue weighted by atomic mass is 19.1. The molecular weight excluding hydrogens is 426 g/mol. The highest BCUT2D eigenvalue weighted by molar-refractivity contribution is 5.93. The Labute approximate surface area is 190 Å². The molecule has 0 fully saturated rings. The maximum atomic E-state index is 15.0. The number of ether oxygens (including phenoxy) is 2. The number of halogens is 2. The Hall–Kier alpha value is -3.71. The smallest absolute Gasteiger partial charge is 0.278 e. The summed E-state index contributed by atoms with van der Waals surface area (Å²) in [6.07, 6.45) is 0.304. The molecule has 4 rings (SSSR count). The lowest BCUT2D eigenvalue weighted by molar-refractivity contribution is 0.299. The van der Waals surface area contributed by atoms with E-state index in [-0.39, 0.29) is 30.2 Å². The van der Waals surface area contributed by atoms with Crippen molar-refractivity contribution in [2.75, 3.05) is 6.61 Å². The fraction of sp³-hybridized carbons (Fsp3) is 0.192. The van der Waals surface area contributed by atoms with Gasteiger partial charge in [0.25, 0.3) is 6.01 Å². The molecule has 0 saturated heterocycles. The van der Waals surface area contributed by atoms with Crippen LogP contribution < -0.4 is 10.5 Å². The number of hydrogen-bond acceptors (Lipinski definition) is 5. The summed E-state index contributed by atoms with van der Waals surface area (Å²) >= 11 is 0. The molecule has 0 aliphatic heterocycles. The molecule has 0 saturated carbocycles. The fourth-order valence-electron chi connectivity index (χ4n) is 3.76. The predicted molar refractivity (Wildman–Crippen MR) is 123 cm³/mol. The Morgan fingerprint density at radius 1 is 1.00 bits per heavy atom. The molecule has 3 aromatic carbocycles. The first-order valence-corrected chi connectivity index (χ1v) is 10.6. The zero-order valence-electron chi connectivity index (χ0n) is 18.2. The summed E-state index contributed by atoms with van der Waals surface area (Å²) in [6.45, 7) is 2.46. The summed E-state index contributed by atoms with van der Waals surface area (Å²) in [6, 6.07) is 16.3. The van der Waals surface area contributed by atoms with Gasteiger partial charge in [0, 0.05) is 40.3 Å². The second-order valence-corrected chi connectivity index (χ2v) is 7.52. The molecule has 170 valence electrons. The predicted octanol–water partition coefficient (Wildman–Crippen LogP) is 5.97. The van der Waals surface area contributed by atoms with Crippen molar-refractivity contribution in [1.29, 1.82) is 5.41 Å². The van der Waals surface area contributed by atoms with Crippen molar-refractivity contribution in [3.8, 4) is 16.9 Å². The summed E-state index contributed by atoms with van der Waals surface area (Å²) in [5.41, 5.74) is 8.51. The zero-order chi connectivity index (χ0) is 23.4. The second kappa shape index (κ2) is 9.83. The van der Waals surface area contributed by atoms with Gasteiger partial charge in [0.2, 0.25) is 0 Å². The number of hydrogen-bond donors (Lipinski definition) is 2. The molecule has 7 heteroatoms. The van der Waals surface area contributed by atoms with Crippen LogP contribution in [0.5, 0.6) is 5.75 Å². The summed E-state index contributed by atoms with van der Waals surface area (Å²) in [7, 11) is 0. The molecule has 3 N–H and O–H groups in total. The van der Waals surface area contributed by atoms with Gasteiger partial charge in [-0.15, -0.1) is 0 Å². The number of furan rings is 1. The van der Waals surface area contributed by atoms with E-state index < -0.39 is 11.8 Å². The topological polar surface area (TPSA) is 81.5 Å². The van der Waals surface area contributed by atoms with Gasteiger partial charge in [-0.2, -0.15) is 4.39 Å². The van der Waals surface area contributed by atoms with E-state index in [0.29, 0.717) is 40.9 Å². The third-order valence-electron chi connectivity index (χ3n) is 5.27. The Balaban J connectivity index is 1.68. The molecule has 1 aromatic heterocycles. The van der Waals surface area contributed by atoms with Crippen LogP contribution in [0, 0.1) is 17.2 Å². The number of fused-ring (bicyclic) bond motifs is 1. The first kappa shape index (κ1) is 22.5. The number of benzene rings is 3. The highest BCUT2D eigenvalue weighted by Gasteiger charge is 2.17. The third-order valence-corrected chi connectivity index (χ3v) is 5.27. The van der Waals surface area contributed by atoms with Crippen LogP contribution in [0.2, 0.25) is 0 Å². The van der Waals surface area contributed by atoms with Crippen LogP contribution in [0.25, 0.3) is 22.1 Å². The molecule has 0 amide bonds. The average molecular weight is 450 g/mol. The van der Waals surface area contributed by atoms with Gasteiger partial charge in [0.15, 0.2) is 5.90 Å². The number of nitrogens with one attached hydrogen (secondary N) is 1. The van der Waals surface area contributed by atoms with Crippen molar-refractivity contribution in [2.24, 2.45) is 5.73 Å². The molecule has 5 nitrogen and oxygen atoms in total. The molecule has 4 aromatic rings. The number of nitrogens with two attached hydrogens (primary N) is 1. The lowest BCUT2D eigenvalue weighted by atomic mass is 9.98. The van der Waals surface area contributed by atoms with Crippen molar-refractivity contribution in [3.05, 3.63) is 89.2 Å². The Kier molecular flexibility index (Phi) is 6.70. The van der Waals surface area contributed by atoms with E-state index in [1.165, 1.54) is 6.07 Å². The van der Waals surface area contributed by atoms with Crippen LogP contribution in [0.1, 0.15) is 23.6 Å². The normalized spacial score (nSPS) is 11.0. The minimum atomic E-state index is -0.750. The maximum Gasteiger partial charge on any atom is 0.278 e. The van der Waals surface area contributed by atoms with E-state index in [1.807, 2.05) is 31.2 Å². The van der Waals surface area contributed by atoms with Crippen molar-refractivity contribution >= 4 is 16.9 Å². The van der Waals surface area contributed by atoms with E-state index in [1.54, 1.807) is 30.3 Å². The summed E-state index contributed by atoms with van der Waals surface area (Å²) in [5, 5.41) is 8.43. The van der Waals surface area contributed by atoms with Gasteiger partial charge in [-0.05, 0) is 30.7 Å². The van der Waals surface area contributed by atoms with Gasteiger partial charge in [0.1, 0.15) is 23.8 Å². The van der Waals surface area contributed by atoms with Crippen LogP contribution in [-0.2, 0) is 24.3 Å². The highest BCUT2D eigenvalue weighted by Crippen LogP contribution is 2.35. The van der Waals surface area contributed by atoms with Gasteiger partial charge in [-0.3, -0.25) is 5.41 Å². The van der Waals surface area contributed by atoms with Crippen LogP contribution in [0.3, 0.4) is 0 Å². The first-order chi connectivity index (χ1) is 16.0. The van der Waals surface area contributed by atoms with Crippen LogP contribution in [-0.4, -0.2) is 12.5 Å². The first-order valence-electron chi connectivity index (χ1n) is 10.6.